The number of carbonyl (C=O) groups excluding carboxylic acids is 1. The van der Waals surface area contributed by atoms with Crippen LogP contribution in [0.3, 0.4) is 0 Å². The van der Waals surface area contributed by atoms with E-state index in [0.717, 1.165) is 24.2 Å². The van der Waals surface area contributed by atoms with Crippen molar-refractivity contribution in [1.29, 1.82) is 0 Å². The van der Waals surface area contributed by atoms with Crippen LogP contribution in [0.25, 0.3) is 0 Å². The second-order valence-corrected chi connectivity index (χ2v) is 9.77. The van der Waals surface area contributed by atoms with Crippen molar-refractivity contribution in [2.45, 2.75) is 38.0 Å². The normalized spacial score (nSPS) is 19.3. The van der Waals surface area contributed by atoms with E-state index in [9.17, 15) is 13.2 Å². The molecule has 0 aliphatic carbocycles. The Kier molecular flexibility index (Phi) is 7.44. The number of nitrogens with zero attached hydrogens (tertiary/aromatic N) is 1. The van der Waals surface area contributed by atoms with Crippen molar-refractivity contribution >= 4 is 39.1 Å². The monoisotopic (exact) mass is 389 g/mol. The second-order valence-electron chi connectivity index (χ2n) is 6.12. The summed E-state index contributed by atoms with van der Waals surface area (Å²) in [6, 6.07) is 7.46. The lowest BCUT2D eigenvalue weighted by atomic mass is 10.2. The third kappa shape index (κ3) is 5.97. The average Bonchev–Trinajstić information content (AvgIpc) is 2.88. The van der Waals surface area contributed by atoms with Gasteiger partial charge in [0.2, 0.25) is 5.91 Å². The molecule has 2 rings (SSSR count). The zero-order valence-corrected chi connectivity index (χ0v) is 16.3. The fourth-order valence-electron chi connectivity index (χ4n) is 2.83. The van der Waals surface area contributed by atoms with E-state index in [2.05, 4.69) is 6.92 Å². The van der Waals surface area contributed by atoms with Gasteiger partial charge in [-0.25, -0.2) is 8.42 Å². The third-order valence-corrected chi connectivity index (χ3v) is 7.08. The molecule has 0 radical (unpaired) electrons. The number of hydrogen-bond donors (Lipinski definition) is 0. The highest BCUT2D eigenvalue weighted by molar-refractivity contribution is 7.99. The van der Waals surface area contributed by atoms with Crippen molar-refractivity contribution in [1.82, 2.24) is 4.90 Å². The third-order valence-electron chi connectivity index (χ3n) is 4.11. The Labute approximate surface area is 153 Å². The predicted molar refractivity (Wildman–Crippen MR) is 101 cm³/mol. The van der Waals surface area contributed by atoms with Crippen LogP contribution in [0.1, 0.15) is 31.7 Å². The molecule has 1 amide bonds. The molecule has 1 fully saturated rings. The summed E-state index contributed by atoms with van der Waals surface area (Å²) in [6.07, 6.45) is 2.46. The first-order valence-corrected chi connectivity index (χ1v) is 11.6. The molecule has 1 saturated heterocycles. The van der Waals surface area contributed by atoms with Gasteiger partial charge in [-0.1, -0.05) is 37.1 Å². The molecule has 0 spiro atoms. The zero-order chi connectivity index (χ0) is 17.6. The molecule has 1 aromatic rings. The van der Waals surface area contributed by atoms with E-state index in [-0.39, 0.29) is 23.5 Å². The molecule has 1 unspecified atom stereocenters. The maximum absolute atomic E-state index is 12.6. The van der Waals surface area contributed by atoms with E-state index in [1.54, 1.807) is 16.7 Å². The van der Waals surface area contributed by atoms with Crippen LogP contribution in [0.2, 0.25) is 5.02 Å². The summed E-state index contributed by atoms with van der Waals surface area (Å²) in [5.41, 5.74) is 1.09. The van der Waals surface area contributed by atoms with E-state index in [0.29, 0.717) is 23.7 Å². The summed E-state index contributed by atoms with van der Waals surface area (Å²) in [6.45, 7) is 2.72. The minimum Gasteiger partial charge on any atom is -0.338 e. The molecule has 4 nitrogen and oxygen atoms in total. The molecule has 0 bridgehead atoms. The van der Waals surface area contributed by atoms with Crippen LogP contribution in [0, 0.1) is 0 Å². The van der Waals surface area contributed by atoms with Gasteiger partial charge in [0.1, 0.15) is 0 Å². The van der Waals surface area contributed by atoms with Gasteiger partial charge in [-0.15, -0.1) is 11.8 Å². The van der Waals surface area contributed by atoms with Crippen LogP contribution in [0.4, 0.5) is 0 Å². The number of unbranched alkanes of at least 4 members (excludes halogenated alkanes) is 1. The number of rotatable bonds is 8. The van der Waals surface area contributed by atoms with Crippen molar-refractivity contribution in [3.05, 3.63) is 34.9 Å². The molecule has 1 aliphatic rings. The second kappa shape index (κ2) is 9.11. The molecule has 1 aromatic carbocycles. The Bertz CT molecular complexity index is 664. The molecule has 24 heavy (non-hydrogen) atoms. The van der Waals surface area contributed by atoms with Crippen LogP contribution in [-0.4, -0.2) is 49.1 Å². The summed E-state index contributed by atoms with van der Waals surface area (Å²) < 4.78 is 23.4. The summed E-state index contributed by atoms with van der Waals surface area (Å²) >= 11 is 7.51. The highest BCUT2D eigenvalue weighted by Crippen LogP contribution is 2.21. The Morgan fingerprint density at radius 3 is 2.83 bits per heavy atom. The first-order valence-electron chi connectivity index (χ1n) is 8.23. The van der Waals surface area contributed by atoms with Gasteiger partial charge in [0.05, 0.1) is 17.3 Å². The van der Waals surface area contributed by atoms with Gasteiger partial charge < -0.3 is 4.90 Å². The van der Waals surface area contributed by atoms with Crippen LogP contribution in [0.5, 0.6) is 0 Å². The maximum Gasteiger partial charge on any atom is 0.232 e. The molecule has 1 atom stereocenters. The van der Waals surface area contributed by atoms with Crippen molar-refractivity contribution in [2.24, 2.45) is 0 Å². The summed E-state index contributed by atoms with van der Waals surface area (Å²) in [7, 11) is -2.98. The molecule has 1 aliphatic heterocycles. The van der Waals surface area contributed by atoms with Crippen LogP contribution >= 0.6 is 23.4 Å². The predicted octanol–water partition coefficient (Wildman–Crippen LogP) is 3.39. The Morgan fingerprint density at radius 2 is 2.21 bits per heavy atom. The van der Waals surface area contributed by atoms with Crippen molar-refractivity contribution in [3.63, 3.8) is 0 Å². The van der Waals surface area contributed by atoms with E-state index in [1.807, 2.05) is 24.3 Å². The molecule has 1 heterocycles. The molecular formula is C17H24ClNO3S2. The number of halogens is 1. The van der Waals surface area contributed by atoms with Crippen molar-refractivity contribution in [3.8, 4) is 0 Å². The Hall–Kier alpha value is -0.720. The molecular weight excluding hydrogens is 366 g/mol. The van der Waals surface area contributed by atoms with Crippen molar-refractivity contribution < 1.29 is 13.2 Å². The number of hydrogen-bond acceptors (Lipinski definition) is 4. The minimum absolute atomic E-state index is 0.0394. The number of benzene rings is 1. The van der Waals surface area contributed by atoms with E-state index in [4.69, 9.17) is 11.6 Å². The lowest BCUT2D eigenvalue weighted by molar-refractivity contribution is -0.130. The van der Waals surface area contributed by atoms with Crippen LogP contribution in [-0.2, 0) is 20.4 Å². The standard InChI is InChI=1S/C17H24ClNO3S2/c1-2-3-8-19(16-7-9-24(21,22)13-16)17(20)12-23-11-14-5-4-6-15(18)10-14/h4-6,10,16H,2-3,7-9,11-13H2,1H3. The largest absolute Gasteiger partial charge is 0.338 e. The topological polar surface area (TPSA) is 54.5 Å². The van der Waals surface area contributed by atoms with E-state index >= 15 is 0 Å². The summed E-state index contributed by atoms with van der Waals surface area (Å²) in [5, 5.41) is 0.695. The van der Waals surface area contributed by atoms with Gasteiger partial charge in [0, 0.05) is 23.4 Å². The van der Waals surface area contributed by atoms with Crippen LogP contribution < -0.4 is 0 Å². The molecule has 134 valence electrons. The van der Waals surface area contributed by atoms with Gasteiger partial charge >= 0.3 is 0 Å². The van der Waals surface area contributed by atoms with Gasteiger partial charge in [-0.3, -0.25) is 4.79 Å². The lowest BCUT2D eigenvalue weighted by Gasteiger charge is -2.28. The highest BCUT2D eigenvalue weighted by atomic mass is 35.5. The molecule has 0 saturated carbocycles. The number of carbonyl (C=O) groups is 1. The van der Waals surface area contributed by atoms with E-state index in [1.165, 1.54) is 0 Å². The van der Waals surface area contributed by atoms with E-state index < -0.39 is 9.84 Å². The van der Waals surface area contributed by atoms with Gasteiger partial charge in [0.25, 0.3) is 0 Å². The molecule has 0 aromatic heterocycles. The number of amides is 1. The lowest BCUT2D eigenvalue weighted by Crippen LogP contribution is -2.42. The molecule has 0 N–H and O–H groups in total. The number of thioether (sulfide) groups is 1. The van der Waals surface area contributed by atoms with Gasteiger partial charge in [-0.2, -0.15) is 0 Å². The fourth-order valence-corrected chi connectivity index (χ4v) is 5.63. The Morgan fingerprint density at radius 1 is 1.42 bits per heavy atom. The molecule has 7 heteroatoms. The first kappa shape index (κ1) is 19.6. The van der Waals surface area contributed by atoms with Crippen LogP contribution in [0.15, 0.2) is 24.3 Å². The summed E-state index contributed by atoms with van der Waals surface area (Å²) in [5.74, 6) is 1.44. The quantitative estimate of drug-likeness (QED) is 0.683. The average molecular weight is 390 g/mol. The van der Waals surface area contributed by atoms with Gasteiger partial charge in [0.15, 0.2) is 9.84 Å². The fraction of sp³-hybridized carbons (Fsp3) is 0.588. The smallest absolute Gasteiger partial charge is 0.232 e. The zero-order valence-electron chi connectivity index (χ0n) is 13.9. The summed E-state index contributed by atoms with van der Waals surface area (Å²) in [4.78, 5) is 14.4. The first-order chi connectivity index (χ1) is 11.4. The number of sulfone groups is 1. The Balaban J connectivity index is 1.90. The van der Waals surface area contributed by atoms with Crippen molar-refractivity contribution in [2.75, 3.05) is 23.8 Å². The SMILES string of the molecule is CCCCN(C(=O)CSCc1cccc(Cl)c1)C1CCS(=O)(=O)C1. The maximum atomic E-state index is 12.6. The highest BCUT2D eigenvalue weighted by Gasteiger charge is 2.34. The minimum atomic E-state index is -2.98. The van der Waals surface area contributed by atoms with Gasteiger partial charge in [-0.05, 0) is 30.5 Å².